The second kappa shape index (κ2) is 7.87. The topological polar surface area (TPSA) is 59.0 Å². The van der Waals surface area contributed by atoms with Gasteiger partial charge in [0, 0.05) is 17.5 Å². The molecular formula is C19H27NO4S. The number of methoxy groups -OCH3 is 2. The first-order chi connectivity index (χ1) is 12.1. The van der Waals surface area contributed by atoms with Crippen LogP contribution in [-0.4, -0.2) is 48.5 Å². The summed E-state index contributed by atoms with van der Waals surface area (Å²) in [4.78, 5) is 15.2. The molecule has 3 unspecified atom stereocenters. The lowest BCUT2D eigenvalue weighted by molar-refractivity contribution is -0.142. The Bertz CT molecular complexity index is 636. The Morgan fingerprint density at radius 2 is 1.92 bits per heavy atom. The van der Waals surface area contributed by atoms with Crippen molar-refractivity contribution in [1.82, 2.24) is 4.90 Å². The third-order valence-electron chi connectivity index (χ3n) is 5.65. The van der Waals surface area contributed by atoms with E-state index in [2.05, 4.69) is 4.90 Å². The Labute approximate surface area is 153 Å². The maximum Gasteiger partial charge on any atom is 0.320 e. The Morgan fingerprint density at radius 3 is 2.56 bits per heavy atom. The van der Waals surface area contributed by atoms with Crippen molar-refractivity contribution in [2.45, 2.75) is 55.6 Å². The highest BCUT2D eigenvalue weighted by Gasteiger charge is 2.45. The average Bonchev–Trinajstić information content (AvgIpc) is 3.00. The van der Waals surface area contributed by atoms with E-state index >= 15 is 0 Å². The number of ether oxygens (including phenoxy) is 2. The van der Waals surface area contributed by atoms with E-state index in [-0.39, 0.29) is 6.04 Å². The first-order valence-electron chi connectivity index (χ1n) is 8.86. The molecule has 1 aromatic carbocycles. The number of hydrogen-bond donors (Lipinski definition) is 1. The number of hydrogen-bond acceptors (Lipinski definition) is 5. The van der Waals surface area contributed by atoms with Gasteiger partial charge in [-0.3, -0.25) is 9.69 Å². The van der Waals surface area contributed by atoms with E-state index in [1.165, 1.54) is 12.8 Å². The van der Waals surface area contributed by atoms with Crippen LogP contribution in [0.5, 0.6) is 11.5 Å². The molecule has 0 amide bonds. The molecule has 1 saturated carbocycles. The Kier molecular flexibility index (Phi) is 5.79. The number of benzene rings is 1. The lowest BCUT2D eigenvalue weighted by atomic mass is 9.84. The minimum absolute atomic E-state index is 0.379. The van der Waals surface area contributed by atoms with Crippen LogP contribution in [0.3, 0.4) is 0 Å². The lowest BCUT2D eigenvalue weighted by Gasteiger charge is -2.33. The van der Waals surface area contributed by atoms with Crippen LogP contribution in [0.2, 0.25) is 0 Å². The summed E-state index contributed by atoms with van der Waals surface area (Å²) in [5.41, 5.74) is 1.11. The lowest BCUT2D eigenvalue weighted by Crippen LogP contribution is -2.41. The molecule has 3 rings (SSSR count). The maximum absolute atomic E-state index is 11.8. The average molecular weight is 365 g/mol. The molecule has 1 N–H and O–H groups in total. The van der Waals surface area contributed by atoms with Gasteiger partial charge in [0.05, 0.1) is 14.2 Å². The summed E-state index contributed by atoms with van der Waals surface area (Å²) < 4.78 is 10.9. The van der Waals surface area contributed by atoms with Crippen LogP contribution in [0.25, 0.3) is 0 Å². The Morgan fingerprint density at radius 1 is 1.24 bits per heavy atom. The third-order valence-corrected chi connectivity index (χ3v) is 6.47. The van der Waals surface area contributed by atoms with E-state index in [0.717, 1.165) is 29.7 Å². The van der Waals surface area contributed by atoms with Gasteiger partial charge in [-0.05, 0) is 49.1 Å². The number of carboxylic acid groups (broad SMARTS) is 1. The predicted molar refractivity (Wildman–Crippen MR) is 98.7 cm³/mol. The number of nitrogens with zero attached hydrogens (tertiary/aromatic N) is 1. The molecule has 1 aliphatic heterocycles. The van der Waals surface area contributed by atoms with Crippen LogP contribution >= 0.6 is 11.8 Å². The summed E-state index contributed by atoms with van der Waals surface area (Å²) in [6.07, 6.45) is 7.51. The quantitative estimate of drug-likeness (QED) is 0.777. The summed E-state index contributed by atoms with van der Waals surface area (Å²) in [7, 11) is 3.27. The predicted octanol–water partition coefficient (Wildman–Crippen LogP) is 3.64. The van der Waals surface area contributed by atoms with E-state index in [0.29, 0.717) is 30.0 Å². The Hall–Kier alpha value is -1.40. The van der Waals surface area contributed by atoms with Crippen molar-refractivity contribution in [3.8, 4) is 11.5 Å². The standard InChI is InChI=1S/C19H27NO4S/c1-23-16-9-13(18(25-3)10-17(16)24-2)11-20-14-7-5-4-6-12(14)8-15(20)19(21)22/h9-10,12,14-15H,4-8,11H2,1-3H3,(H,21,22). The summed E-state index contributed by atoms with van der Waals surface area (Å²) in [5.74, 6) is 1.23. The highest BCUT2D eigenvalue weighted by Crippen LogP contribution is 2.42. The fourth-order valence-electron chi connectivity index (χ4n) is 4.44. The summed E-state index contributed by atoms with van der Waals surface area (Å²) in [6.45, 7) is 0.647. The number of rotatable bonds is 6. The second-order valence-electron chi connectivity index (χ2n) is 6.89. The van der Waals surface area contributed by atoms with Crippen molar-refractivity contribution in [2.75, 3.05) is 20.5 Å². The molecule has 0 spiro atoms. The molecule has 6 heteroatoms. The van der Waals surface area contributed by atoms with E-state index in [1.54, 1.807) is 26.0 Å². The molecule has 3 atom stereocenters. The number of thioether (sulfide) groups is 1. The fourth-order valence-corrected chi connectivity index (χ4v) is 5.05. The zero-order chi connectivity index (χ0) is 18.0. The number of likely N-dealkylation sites (tertiary alicyclic amines) is 1. The van der Waals surface area contributed by atoms with Crippen molar-refractivity contribution < 1.29 is 19.4 Å². The van der Waals surface area contributed by atoms with Gasteiger partial charge < -0.3 is 14.6 Å². The zero-order valence-electron chi connectivity index (χ0n) is 15.2. The van der Waals surface area contributed by atoms with Crippen LogP contribution in [0.1, 0.15) is 37.7 Å². The first-order valence-corrected chi connectivity index (χ1v) is 10.1. The molecule has 0 aromatic heterocycles. The van der Waals surface area contributed by atoms with Crippen LogP contribution < -0.4 is 9.47 Å². The van der Waals surface area contributed by atoms with Gasteiger partial charge in [-0.15, -0.1) is 11.8 Å². The van der Waals surface area contributed by atoms with Gasteiger partial charge in [-0.2, -0.15) is 0 Å². The number of fused-ring (bicyclic) bond motifs is 1. The van der Waals surface area contributed by atoms with Crippen molar-refractivity contribution in [3.05, 3.63) is 17.7 Å². The van der Waals surface area contributed by atoms with Crippen molar-refractivity contribution in [3.63, 3.8) is 0 Å². The monoisotopic (exact) mass is 365 g/mol. The molecule has 138 valence electrons. The van der Waals surface area contributed by atoms with Crippen LogP contribution in [0.4, 0.5) is 0 Å². The van der Waals surface area contributed by atoms with Gasteiger partial charge in [-0.25, -0.2) is 0 Å². The summed E-state index contributed by atoms with van der Waals surface area (Å²) >= 11 is 1.66. The molecule has 1 heterocycles. The largest absolute Gasteiger partial charge is 0.493 e. The highest BCUT2D eigenvalue weighted by atomic mass is 32.2. The van der Waals surface area contributed by atoms with Gasteiger partial charge in [0.25, 0.3) is 0 Å². The van der Waals surface area contributed by atoms with Crippen LogP contribution in [0, 0.1) is 5.92 Å². The Balaban J connectivity index is 1.92. The molecule has 25 heavy (non-hydrogen) atoms. The number of carboxylic acids is 1. The van der Waals surface area contributed by atoms with Crippen molar-refractivity contribution in [2.24, 2.45) is 5.92 Å². The van der Waals surface area contributed by atoms with E-state index < -0.39 is 5.97 Å². The minimum Gasteiger partial charge on any atom is -0.493 e. The molecule has 0 radical (unpaired) electrons. The molecule has 2 fully saturated rings. The van der Waals surface area contributed by atoms with E-state index in [1.807, 2.05) is 18.4 Å². The molecule has 0 bridgehead atoms. The van der Waals surface area contributed by atoms with E-state index in [4.69, 9.17) is 9.47 Å². The molecule has 2 aliphatic rings. The zero-order valence-corrected chi connectivity index (χ0v) is 16.0. The minimum atomic E-state index is -0.694. The van der Waals surface area contributed by atoms with Crippen molar-refractivity contribution >= 4 is 17.7 Å². The fraction of sp³-hybridized carbons (Fsp3) is 0.632. The third kappa shape index (κ3) is 3.60. The highest BCUT2D eigenvalue weighted by molar-refractivity contribution is 7.98. The number of aliphatic carboxylic acids is 1. The van der Waals surface area contributed by atoms with Gasteiger partial charge in [0.1, 0.15) is 6.04 Å². The summed E-state index contributed by atoms with van der Waals surface area (Å²) in [5, 5.41) is 9.73. The smallest absolute Gasteiger partial charge is 0.320 e. The number of carbonyl (C=O) groups is 1. The van der Waals surface area contributed by atoms with Gasteiger partial charge in [0.15, 0.2) is 11.5 Å². The normalized spacial score (nSPS) is 26.3. The molecule has 1 aromatic rings. The van der Waals surface area contributed by atoms with Gasteiger partial charge in [-0.1, -0.05) is 12.8 Å². The second-order valence-corrected chi connectivity index (χ2v) is 7.74. The molecule has 1 aliphatic carbocycles. The maximum atomic E-state index is 11.8. The molecule has 5 nitrogen and oxygen atoms in total. The van der Waals surface area contributed by atoms with Gasteiger partial charge in [0.2, 0.25) is 0 Å². The molecular weight excluding hydrogens is 338 g/mol. The summed E-state index contributed by atoms with van der Waals surface area (Å²) in [6, 6.07) is 4.00. The molecule has 1 saturated heterocycles. The first kappa shape index (κ1) is 18.4. The van der Waals surface area contributed by atoms with Crippen LogP contribution in [0.15, 0.2) is 17.0 Å². The van der Waals surface area contributed by atoms with Crippen molar-refractivity contribution in [1.29, 1.82) is 0 Å². The van der Waals surface area contributed by atoms with E-state index in [9.17, 15) is 9.90 Å². The SMILES string of the molecule is COc1cc(CN2C(C(=O)O)CC3CCCCC32)c(SC)cc1OC. The van der Waals surface area contributed by atoms with Gasteiger partial charge >= 0.3 is 5.97 Å². The van der Waals surface area contributed by atoms with Crippen LogP contribution in [-0.2, 0) is 11.3 Å².